The van der Waals surface area contributed by atoms with Crippen LogP contribution in [0, 0.1) is 11.3 Å². The molecule has 0 heterocycles. The highest BCUT2D eigenvalue weighted by molar-refractivity contribution is 5.99. The highest BCUT2D eigenvalue weighted by Crippen LogP contribution is 2.14. The Morgan fingerprint density at radius 3 is 2.30 bits per heavy atom. The molecule has 20 heavy (non-hydrogen) atoms. The second kappa shape index (κ2) is 7.81. The van der Waals surface area contributed by atoms with Crippen molar-refractivity contribution in [3.05, 3.63) is 35.4 Å². The molecule has 108 valence electrons. The van der Waals surface area contributed by atoms with Gasteiger partial charge < -0.3 is 0 Å². The molecule has 0 amide bonds. The summed E-state index contributed by atoms with van der Waals surface area (Å²) in [6.45, 7) is 8.77. The van der Waals surface area contributed by atoms with Crippen LogP contribution in [0.25, 0.3) is 0 Å². The first kappa shape index (κ1) is 16.4. The van der Waals surface area contributed by atoms with Crippen molar-refractivity contribution in [3.63, 3.8) is 0 Å². The fourth-order valence-corrected chi connectivity index (χ4v) is 2.37. The van der Waals surface area contributed by atoms with Gasteiger partial charge >= 0.3 is 0 Å². The Labute approximate surface area is 122 Å². The first-order valence-corrected chi connectivity index (χ1v) is 7.27. The summed E-state index contributed by atoms with van der Waals surface area (Å²) in [5.74, 6) is 0.124. The molecule has 0 radical (unpaired) electrons. The van der Waals surface area contributed by atoms with Gasteiger partial charge in [-0.15, -0.1) is 0 Å². The average Bonchev–Trinajstić information content (AvgIpc) is 2.46. The van der Waals surface area contributed by atoms with Gasteiger partial charge in [-0.1, -0.05) is 31.2 Å². The molecule has 1 aromatic rings. The minimum absolute atomic E-state index is 0.124. The lowest BCUT2D eigenvalue weighted by Crippen LogP contribution is -2.43. The second-order valence-corrected chi connectivity index (χ2v) is 5.33. The molecule has 0 aliphatic carbocycles. The molecule has 1 rings (SSSR count). The van der Waals surface area contributed by atoms with E-state index < -0.39 is 0 Å². The van der Waals surface area contributed by atoms with Crippen molar-refractivity contribution in [1.82, 2.24) is 4.90 Å². The maximum absolute atomic E-state index is 12.5. The highest BCUT2D eigenvalue weighted by atomic mass is 16.1. The fraction of sp³-hybridized carbons (Fsp3) is 0.529. The van der Waals surface area contributed by atoms with Crippen molar-refractivity contribution >= 4 is 5.78 Å². The van der Waals surface area contributed by atoms with Crippen molar-refractivity contribution in [3.8, 4) is 6.07 Å². The molecular formula is C17H24N2O. The molecule has 0 saturated carbocycles. The summed E-state index contributed by atoms with van der Waals surface area (Å²) in [4.78, 5) is 14.6. The number of hydrogen-bond donors (Lipinski definition) is 0. The van der Waals surface area contributed by atoms with E-state index in [4.69, 9.17) is 5.26 Å². The van der Waals surface area contributed by atoms with Crippen LogP contribution in [0.4, 0.5) is 0 Å². The molecule has 0 fully saturated rings. The Hall–Kier alpha value is -1.66. The number of Topliss-reactive ketones (excluding diaryl/α,β-unsaturated/α-hetero) is 1. The first-order chi connectivity index (χ1) is 9.51. The monoisotopic (exact) mass is 272 g/mol. The molecule has 0 saturated heterocycles. The number of benzene rings is 1. The number of hydrogen-bond acceptors (Lipinski definition) is 3. The molecular weight excluding hydrogens is 248 g/mol. The van der Waals surface area contributed by atoms with E-state index in [0.717, 1.165) is 12.0 Å². The van der Waals surface area contributed by atoms with E-state index in [2.05, 4.69) is 31.7 Å². The minimum atomic E-state index is -0.198. The van der Waals surface area contributed by atoms with Crippen LogP contribution in [0.3, 0.4) is 0 Å². The molecule has 0 aliphatic rings. The smallest absolute Gasteiger partial charge is 0.179 e. The molecule has 0 aromatic heterocycles. The number of aryl methyl sites for hydroxylation is 1. The summed E-state index contributed by atoms with van der Waals surface area (Å²) >= 11 is 0. The molecule has 3 heteroatoms. The minimum Gasteiger partial charge on any atom is -0.292 e. The summed E-state index contributed by atoms with van der Waals surface area (Å²) in [5, 5.41) is 8.73. The molecule has 1 unspecified atom stereocenters. The van der Waals surface area contributed by atoms with Gasteiger partial charge in [-0.2, -0.15) is 5.26 Å². The van der Waals surface area contributed by atoms with Crippen molar-refractivity contribution in [2.24, 2.45) is 0 Å². The largest absolute Gasteiger partial charge is 0.292 e. The van der Waals surface area contributed by atoms with Crippen molar-refractivity contribution in [2.45, 2.75) is 52.6 Å². The van der Waals surface area contributed by atoms with Crippen LogP contribution in [0.15, 0.2) is 24.3 Å². The number of ketones is 1. The van der Waals surface area contributed by atoms with Crippen LogP contribution in [0.2, 0.25) is 0 Å². The predicted molar refractivity (Wildman–Crippen MR) is 81.7 cm³/mol. The Balaban J connectivity index is 2.84. The third-order valence-corrected chi connectivity index (χ3v) is 3.67. The van der Waals surface area contributed by atoms with Crippen molar-refractivity contribution < 1.29 is 4.79 Å². The van der Waals surface area contributed by atoms with Crippen LogP contribution in [0.5, 0.6) is 0 Å². The topological polar surface area (TPSA) is 44.1 Å². The standard InChI is InChI=1S/C17H24N2O/c1-5-15-7-9-16(10-8-15)17(20)14(4)19(13(2)3)12-6-11-18/h7-10,13-14H,5-6,12H2,1-4H3. The Morgan fingerprint density at radius 2 is 1.85 bits per heavy atom. The van der Waals surface area contributed by atoms with E-state index in [1.54, 1.807) is 0 Å². The van der Waals surface area contributed by atoms with E-state index in [0.29, 0.717) is 13.0 Å². The van der Waals surface area contributed by atoms with Gasteiger partial charge in [-0.25, -0.2) is 0 Å². The molecule has 0 N–H and O–H groups in total. The van der Waals surface area contributed by atoms with Crippen molar-refractivity contribution in [2.75, 3.05) is 6.54 Å². The van der Waals surface area contributed by atoms with Crippen LogP contribution in [-0.2, 0) is 6.42 Å². The molecule has 0 bridgehead atoms. The van der Waals surface area contributed by atoms with E-state index in [9.17, 15) is 4.79 Å². The lowest BCUT2D eigenvalue weighted by Gasteiger charge is -2.31. The summed E-state index contributed by atoms with van der Waals surface area (Å²) in [6.07, 6.45) is 1.43. The normalized spacial score (nSPS) is 12.4. The van der Waals surface area contributed by atoms with Gasteiger partial charge in [-0.05, 0) is 32.8 Å². The zero-order valence-electron chi connectivity index (χ0n) is 12.9. The lowest BCUT2D eigenvalue weighted by atomic mass is 10.0. The highest BCUT2D eigenvalue weighted by Gasteiger charge is 2.24. The quantitative estimate of drug-likeness (QED) is 0.714. The zero-order valence-corrected chi connectivity index (χ0v) is 12.9. The predicted octanol–water partition coefficient (Wildman–Crippen LogP) is 3.44. The van der Waals surface area contributed by atoms with Gasteiger partial charge in [-0.3, -0.25) is 9.69 Å². The average molecular weight is 272 g/mol. The van der Waals surface area contributed by atoms with E-state index in [1.165, 1.54) is 5.56 Å². The maximum atomic E-state index is 12.5. The van der Waals surface area contributed by atoms with Gasteiger partial charge in [0.2, 0.25) is 0 Å². The summed E-state index contributed by atoms with van der Waals surface area (Å²) in [7, 11) is 0. The Morgan fingerprint density at radius 1 is 1.25 bits per heavy atom. The number of nitrogens with zero attached hydrogens (tertiary/aromatic N) is 2. The van der Waals surface area contributed by atoms with Gasteiger partial charge in [0.1, 0.15) is 0 Å². The molecule has 3 nitrogen and oxygen atoms in total. The van der Waals surface area contributed by atoms with E-state index >= 15 is 0 Å². The van der Waals surface area contributed by atoms with Crippen LogP contribution < -0.4 is 0 Å². The van der Waals surface area contributed by atoms with Gasteiger partial charge in [0.15, 0.2) is 5.78 Å². The third-order valence-electron chi connectivity index (χ3n) is 3.67. The van der Waals surface area contributed by atoms with Crippen LogP contribution >= 0.6 is 0 Å². The van der Waals surface area contributed by atoms with Gasteiger partial charge in [0.25, 0.3) is 0 Å². The first-order valence-electron chi connectivity index (χ1n) is 7.27. The van der Waals surface area contributed by atoms with Gasteiger partial charge in [0, 0.05) is 24.6 Å². The maximum Gasteiger partial charge on any atom is 0.179 e. The summed E-state index contributed by atoms with van der Waals surface area (Å²) in [5.41, 5.74) is 1.98. The lowest BCUT2D eigenvalue weighted by molar-refractivity contribution is 0.0793. The summed E-state index contributed by atoms with van der Waals surface area (Å²) in [6, 6.07) is 10.0. The Bertz CT molecular complexity index is 471. The number of carbonyl (C=O) groups excluding carboxylic acids is 1. The zero-order chi connectivity index (χ0) is 15.1. The second-order valence-electron chi connectivity index (χ2n) is 5.33. The van der Waals surface area contributed by atoms with E-state index in [-0.39, 0.29) is 17.9 Å². The molecule has 0 spiro atoms. The molecule has 1 aromatic carbocycles. The summed E-state index contributed by atoms with van der Waals surface area (Å²) < 4.78 is 0. The third kappa shape index (κ3) is 4.18. The number of rotatable bonds is 7. The van der Waals surface area contributed by atoms with E-state index in [1.807, 2.05) is 31.2 Å². The number of carbonyl (C=O) groups is 1. The fourth-order valence-electron chi connectivity index (χ4n) is 2.37. The number of nitriles is 1. The van der Waals surface area contributed by atoms with Gasteiger partial charge in [0.05, 0.1) is 12.1 Å². The molecule has 1 atom stereocenters. The molecule has 0 aliphatic heterocycles. The van der Waals surface area contributed by atoms with Crippen LogP contribution in [0.1, 0.15) is 50.0 Å². The van der Waals surface area contributed by atoms with Crippen LogP contribution in [-0.4, -0.2) is 29.3 Å². The van der Waals surface area contributed by atoms with Crippen molar-refractivity contribution in [1.29, 1.82) is 5.26 Å². The SMILES string of the molecule is CCc1ccc(C(=O)C(C)N(CCC#N)C(C)C)cc1. The Kier molecular flexibility index (Phi) is 6.41.